The topological polar surface area (TPSA) is 151 Å². The number of amides is 2. The third-order valence-corrected chi connectivity index (χ3v) is 8.98. The van der Waals surface area contributed by atoms with Gasteiger partial charge in [0.1, 0.15) is 15.6 Å². The van der Waals surface area contributed by atoms with Crippen LogP contribution in [0.4, 0.5) is 5.00 Å². The van der Waals surface area contributed by atoms with Crippen LogP contribution in [0.3, 0.4) is 0 Å². The van der Waals surface area contributed by atoms with Crippen LogP contribution in [0.2, 0.25) is 0 Å². The zero-order valence-corrected chi connectivity index (χ0v) is 27.8. The van der Waals surface area contributed by atoms with E-state index in [1.165, 1.54) is 18.9 Å². The van der Waals surface area contributed by atoms with Gasteiger partial charge in [0.25, 0.3) is 5.91 Å². The van der Waals surface area contributed by atoms with Crippen molar-refractivity contribution in [2.24, 2.45) is 0 Å². The van der Waals surface area contributed by atoms with Gasteiger partial charge in [-0.05, 0) is 51.0 Å². The number of nitrogens with one attached hydrogen (secondary N) is 2. The summed E-state index contributed by atoms with van der Waals surface area (Å²) in [5.41, 5.74) is 1.84. The van der Waals surface area contributed by atoms with Crippen molar-refractivity contribution in [1.29, 1.82) is 0 Å². The molecule has 2 amide bonds. The second-order valence-corrected chi connectivity index (χ2v) is 12.1. The Kier molecular flexibility index (Phi) is 11.9. The molecule has 0 aliphatic carbocycles. The van der Waals surface area contributed by atoms with Crippen LogP contribution < -0.4 is 15.4 Å². The maximum atomic E-state index is 13.5. The lowest BCUT2D eigenvalue weighted by atomic mass is 10.1. The molecule has 0 aliphatic heterocycles. The van der Waals surface area contributed by atoms with Crippen molar-refractivity contribution in [3.8, 4) is 5.75 Å². The first kappa shape index (κ1) is 34.2. The predicted octanol–water partition coefficient (Wildman–Crippen LogP) is 5.11. The molecule has 14 heteroatoms. The predicted molar refractivity (Wildman–Crippen MR) is 175 cm³/mol. The molecule has 2 heterocycles. The minimum Gasteiger partial charge on any atom is -0.496 e. The molecule has 4 rings (SSSR count). The number of thioether (sulfide) groups is 1. The highest BCUT2D eigenvalue weighted by Crippen LogP contribution is 2.35. The van der Waals surface area contributed by atoms with E-state index in [-0.39, 0.29) is 41.1 Å². The fourth-order valence-electron chi connectivity index (χ4n) is 4.42. The number of thiophene rings is 1. The molecule has 2 aromatic heterocycles. The first-order valence-corrected chi connectivity index (χ1v) is 16.2. The molecule has 46 heavy (non-hydrogen) atoms. The number of benzene rings is 2. The second-order valence-electron chi connectivity index (χ2n) is 9.80. The van der Waals surface area contributed by atoms with Gasteiger partial charge in [0.05, 0.1) is 49.8 Å². The SMILES string of the molecule is CCOC(=O)c1sc(NC(=O)[C@@H](C)Sc2nnc(CNC(=O)c3ccccc3OC)n2Cc2ccccc2)c(C(=O)OCC)c1C. The van der Waals surface area contributed by atoms with Gasteiger partial charge in [0, 0.05) is 0 Å². The summed E-state index contributed by atoms with van der Waals surface area (Å²) in [5, 5.41) is 14.3. The van der Waals surface area contributed by atoms with Gasteiger partial charge in [-0.1, -0.05) is 54.2 Å². The van der Waals surface area contributed by atoms with Gasteiger partial charge in [-0.25, -0.2) is 9.59 Å². The quantitative estimate of drug-likeness (QED) is 0.137. The van der Waals surface area contributed by atoms with E-state index in [4.69, 9.17) is 14.2 Å². The van der Waals surface area contributed by atoms with Gasteiger partial charge in [-0.3, -0.25) is 9.59 Å². The molecule has 12 nitrogen and oxygen atoms in total. The van der Waals surface area contributed by atoms with Gasteiger partial charge in [0.2, 0.25) is 5.91 Å². The number of nitrogens with zero attached hydrogens (tertiary/aromatic N) is 3. The van der Waals surface area contributed by atoms with Gasteiger partial charge >= 0.3 is 11.9 Å². The van der Waals surface area contributed by atoms with Crippen molar-refractivity contribution < 1.29 is 33.4 Å². The summed E-state index contributed by atoms with van der Waals surface area (Å²) in [6.45, 7) is 7.43. The van der Waals surface area contributed by atoms with E-state index in [0.29, 0.717) is 34.4 Å². The molecule has 242 valence electrons. The Hall–Kier alpha value is -4.69. The smallest absolute Gasteiger partial charge is 0.348 e. The van der Waals surface area contributed by atoms with Crippen molar-refractivity contribution >= 4 is 51.9 Å². The number of aromatic nitrogens is 3. The summed E-state index contributed by atoms with van der Waals surface area (Å²) < 4.78 is 17.5. The first-order valence-electron chi connectivity index (χ1n) is 14.5. The largest absolute Gasteiger partial charge is 0.496 e. The van der Waals surface area contributed by atoms with Crippen LogP contribution in [-0.2, 0) is 27.4 Å². The summed E-state index contributed by atoms with van der Waals surface area (Å²) >= 11 is 2.13. The van der Waals surface area contributed by atoms with Gasteiger partial charge in [-0.15, -0.1) is 21.5 Å². The molecule has 2 aromatic carbocycles. The number of ether oxygens (including phenoxy) is 3. The van der Waals surface area contributed by atoms with Crippen LogP contribution >= 0.6 is 23.1 Å². The van der Waals surface area contributed by atoms with Crippen molar-refractivity contribution in [2.45, 2.75) is 51.2 Å². The zero-order valence-electron chi connectivity index (χ0n) is 26.1. The van der Waals surface area contributed by atoms with E-state index >= 15 is 0 Å². The fraction of sp³-hybridized carbons (Fsp3) is 0.312. The molecule has 1 atom stereocenters. The fourth-order valence-corrected chi connectivity index (χ4v) is 6.37. The van der Waals surface area contributed by atoms with Crippen molar-refractivity contribution in [3.05, 3.63) is 87.6 Å². The van der Waals surface area contributed by atoms with E-state index < -0.39 is 23.1 Å². The van der Waals surface area contributed by atoms with Crippen molar-refractivity contribution in [1.82, 2.24) is 20.1 Å². The molecule has 0 spiro atoms. The highest BCUT2D eigenvalue weighted by molar-refractivity contribution is 8.00. The monoisotopic (exact) mass is 665 g/mol. The number of para-hydroxylation sites is 1. The molecule has 0 fully saturated rings. The summed E-state index contributed by atoms with van der Waals surface area (Å²) in [4.78, 5) is 52.0. The maximum absolute atomic E-state index is 13.5. The highest BCUT2D eigenvalue weighted by Gasteiger charge is 2.29. The third kappa shape index (κ3) is 8.12. The van der Waals surface area contributed by atoms with E-state index in [1.807, 2.05) is 34.9 Å². The number of carbonyl (C=O) groups excluding carboxylic acids is 4. The maximum Gasteiger partial charge on any atom is 0.348 e. The molecule has 2 N–H and O–H groups in total. The lowest BCUT2D eigenvalue weighted by Crippen LogP contribution is -2.26. The number of hydrogen-bond donors (Lipinski definition) is 2. The third-order valence-electron chi connectivity index (χ3n) is 6.71. The molecule has 0 saturated carbocycles. The summed E-state index contributed by atoms with van der Waals surface area (Å²) in [5.74, 6) is -1.06. The minimum atomic E-state index is -0.696. The molecule has 0 bridgehead atoms. The summed E-state index contributed by atoms with van der Waals surface area (Å²) in [7, 11) is 1.50. The lowest BCUT2D eigenvalue weighted by molar-refractivity contribution is -0.115. The van der Waals surface area contributed by atoms with Crippen LogP contribution in [0.1, 0.15) is 68.1 Å². The summed E-state index contributed by atoms with van der Waals surface area (Å²) in [6, 6.07) is 16.6. The highest BCUT2D eigenvalue weighted by atomic mass is 32.2. The minimum absolute atomic E-state index is 0.0753. The van der Waals surface area contributed by atoms with E-state index in [2.05, 4.69) is 20.8 Å². The number of methoxy groups -OCH3 is 1. The van der Waals surface area contributed by atoms with Crippen LogP contribution in [0.5, 0.6) is 5.75 Å². The van der Waals surface area contributed by atoms with Crippen LogP contribution in [-0.4, -0.2) is 64.1 Å². The molecule has 0 radical (unpaired) electrons. The van der Waals surface area contributed by atoms with Crippen LogP contribution in [0, 0.1) is 6.92 Å². The van der Waals surface area contributed by atoms with Crippen molar-refractivity contribution in [2.75, 3.05) is 25.6 Å². The van der Waals surface area contributed by atoms with E-state index in [9.17, 15) is 19.2 Å². The molecule has 0 unspecified atom stereocenters. The van der Waals surface area contributed by atoms with Crippen LogP contribution in [0.15, 0.2) is 59.8 Å². The average Bonchev–Trinajstić information content (AvgIpc) is 3.59. The molecular weight excluding hydrogens is 631 g/mol. The van der Waals surface area contributed by atoms with Gasteiger partial charge in [-0.2, -0.15) is 0 Å². The lowest BCUT2D eigenvalue weighted by Gasteiger charge is -2.15. The summed E-state index contributed by atoms with van der Waals surface area (Å²) in [6.07, 6.45) is 0. The van der Waals surface area contributed by atoms with Crippen LogP contribution in [0.25, 0.3) is 0 Å². The number of rotatable bonds is 14. The van der Waals surface area contributed by atoms with Gasteiger partial charge < -0.3 is 29.4 Å². The number of esters is 2. The Morgan fingerprint density at radius 2 is 1.63 bits per heavy atom. The standard InChI is InChI=1S/C32H35N5O7S2/c1-6-43-30(40)25-19(3)26(31(41)44-7-2)46-29(25)34-27(38)20(4)45-32-36-35-24(37(32)18-21-13-9-8-10-14-21)17-33-28(39)22-15-11-12-16-23(22)42-5/h8-16,20H,6-7,17-18H2,1-5H3,(H,33,39)(H,34,38)/t20-/m1/s1. The molecular formula is C32H35N5O7S2. The molecule has 4 aromatic rings. The normalized spacial score (nSPS) is 11.4. The van der Waals surface area contributed by atoms with E-state index in [1.54, 1.807) is 52.0 Å². The molecule has 0 aliphatic rings. The van der Waals surface area contributed by atoms with E-state index in [0.717, 1.165) is 16.9 Å². The number of anilines is 1. The number of hydrogen-bond acceptors (Lipinski definition) is 11. The molecule has 0 saturated heterocycles. The Morgan fingerprint density at radius 3 is 2.33 bits per heavy atom. The average molecular weight is 666 g/mol. The Bertz CT molecular complexity index is 1700. The Morgan fingerprint density at radius 1 is 0.957 bits per heavy atom. The second kappa shape index (κ2) is 16.0. The first-order chi connectivity index (χ1) is 22.2. The van der Waals surface area contributed by atoms with Gasteiger partial charge in [0.15, 0.2) is 11.0 Å². The Balaban J connectivity index is 1.56. The zero-order chi connectivity index (χ0) is 33.2. The van der Waals surface area contributed by atoms with Crippen molar-refractivity contribution in [3.63, 3.8) is 0 Å². The Labute approximate surface area is 274 Å². The number of carbonyl (C=O) groups is 4.